The maximum Gasteiger partial charge on any atom is 0.321 e. The molecule has 2 rings (SSSR count). The number of likely N-dealkylation sites (N-methyl/N-ethyl adjacent to an activating group) is 1. The lowest BCUT2D eigenvalue weighted by Gasteiger charge is -2.24. The van der Waals surface area contributed by atoms with Crippen LogP contribution in [0.2, 0.25) is 19.6 Å². The summed E-state index contributed by atoms with van der Waals surface area (Å²) in [6, 6.07) is 10.5. The van der Waals surface area contributed by atoms with E-state index in [1.54, 1.807) is 0 Å². The number of hydrogen-bond donors (Lipinski definition) is 0. The number of urea groups is 1. The summed E-state index contributed by atoms with van der Waals surface area (Å²) in [5.41, 5.74) is 4.53. The molecule has 4 heteroatoms. The van der Waals surface area contributed by atoms with Crippen molar-refractivity contribution in [2.45, 2.75) is 38.6 Å². The zero-order chi connectivity index (χ0) is 15.6. The zero-order valence-electron chi connectivity index (χ0n) is 13.6. The van der Waals surface area contributed by atoms with E-state index in [0.717, 1.165) is 0 Å². The first-order valence-corrected chi connectivity index (χ1v) is 10.9. The number of hydrogen-bond acceptors (Lipinski definition) is 1. The van der Waals surface area contributed by atoms with Gasteiger partial charge < -0.3 is 9.80 Å². The average Bonchev–Trinajstić information content (AvgIpc) is 2.63. The quantitative estimate of drug-likeness (QED) is 0.607. The van der Waals surface area contributed by atoms with Crippen LogP contribution in [0.4, 0.5) is 4.79 Å². The van der Waals surface area contributed by atoms with Crippen molar-refractivity contribution in [2.24, 2.45) is 0 Å². The summed E-state index contributed by atoms with van der Waals surface area (Å²) in [6.07, 6.45) is 0. The van der Waals surface area contributed by atoms with Crippen molar-refractivity contribution in [2.75, 3.05) is 13.6 Å². The fraction of sp³-hybridized carbons (Fsp3) is 0.471. The Balaban J connectivity index is 2.27. The summed E-state index contributed by atoms with van der Waals surface area (Å²) in [4.78, 5) is 16.2. The van der Waals surface area contributed by atoms with E-state index in [4.69, 9.17) is 0 Å². The molecule has 0 aromatic heterocycles. The smallest absolute Gasteiger partial charge is 0.321 e. The van der Waals surface area contributed by atoms with Crippen LogP contribution in [0.3, 0.4) is 0 Å². The lowest BCUT2D eigenvalue weighted by molar-refractivity contribution is 0.196. The standard InChI is InChI=1S/C17H24N2OSi/c1-14-16(15-10-7-6-8-11-15)19(17(20)18(14)2)12-9-13-21(3,4)5/h6-8,10-11,14,16H,12H2,1-5H3/t14-,16-/m0/s1. The fourth-order valence-corrected chi connectivity index (χ4v) is 3.24. The summed E-state index contributed by atoms with van der Waals surface area (Å²) in [6.45, 7) is 9.26. The normalized spacial score (nSPS) is 22.2. The second kappa shape index (κ2) is 5.95. The van der Waals surface area contributed by atoms with Crippen LogP contribution in [-0.4, -0.2) is 43.5 Å². The summed E-state index contributed by atoms with van der Waals surface area (Å²) < 4.78 is 0. The van der Waals surface area contributed by atoms with E-state index in [0.29, 0.717) is 6.54 Å². The molecule has 1 heterocycles. The first-order valence-electron chi connectivity index (χ1n) is 7.39. The molecule has 0 saturated carbocycles. The van der Waals surface area contributed by atoms with Gasteiger partial charge in [0.05, 0.1) is 18.6 Å². The molecule has 21 heavy (non-hydrogen) atoms. The van der Waals surface area contributed by atoms with Gasteiger partial charge in [-0.15, -0.1) is 5.54 Å². The van der Waals surface area contributed by atoms with Crippen LogP contribution in [0.25, 0.3) is 0 Å². The number of carbonyl (C=O) groups excluding carboxylic acids is 1. The van der Waals surface area contributed by atoms with E-state index in [-0.39, 0.29) is 18.1 Å². The third-order valence-corrected chi connectivity index (χ3v) is 4.73. The Morgan fingerprint density at radius 2 is 1.81 bits per heavy atom. The number of amides is 2. The van der Waals surface area contributed by atoms with Crippen molar-refractivity contribution in [3.8, 4) is 11.5 Å². The van der Waals surface area contributed by atoms with Gasteiger partial charge in [0.25, 0.3) is 0 Å². The highest BCUT2D eigenvalue weighted by Gasteiger charge is 2.41. The van der Waals surface area contributed by atoms with Crippen LogP contribution in [0.15, 0.2) is 30.3 Å². The molecule has 0 N–H and O–H groups in total. The summed E-state index contributed by atoms with van der Waals surface area (Å²) >= 11 is 0. The molecule has 112 valence electrons. The zero-order valence-corrected chi connectivity index (χ0v) is 14.6. The molecule has 1 saturated heterocycles. The largest absolute Gasteiger partial charge is 0.323 e. The lowest BCUT2D eigenvalue weighted by atomic mass is 10.0. The Labute approximate surface area is 129 Å². The Hall–Kier alpha value is -1.73. The van der Waals surface area contributed by atoms with E-state index < -0.39 is 8.07 Å². The van der Waals surface area contributed by atoms with Gasteiger partial charge in [0.15, 0.2) is 0 Å². The SMILES string of the molecule is C[C@H]1[C@@H](c2ccccc2)N(CC#C[Si](C)(C)C)C(=O)N1C. The Kier molecular flexibility index (Phi) is 4.43. The Bertz CT molecular complexity index is 568. The van der Waals surface area contributed by atoms with Crippen LogP contribution in [0, 0.1) is 11.5 Å². The fourth-order valence-electron chi connectivity index (χ4n) is 2.63. The highest BCUT2D eigenvalue weighted by Crippen LogP contribution is 2.33. The molecular formula is C17H24N2OSi. The van der Waals surface area contributed by atoms with Crippen molar-refractivity contribution >= 4 is 14.1 Å². The van der Waals surface area contributed by atoms with Gasteiger partial charge in [-0.25, -0.2) is 4.79 Å². The van der Waals surface area contributed by atoms with E-state index in [2.05, 4.69) is 50.2 Å². The third-order valence-electron chi connectivity index (χ3n) is 3.80. The highest BCUT2D eigenvalue weighted by atomic mass is 28.3. The van der Waals surface area contributed by atoms with Crippen molar-refractivity contribution < 1.29 is 4.79 Å². The number of carbonyl (C=O) groups is 1. The molecule has 1 aliphatic rings. The minimum absolute atomic E-state index is 0.0706. The predicted octanol–water partition coefficient (Wildman–Crippen LogP) is 3.36. The molecule has 0 radical (unpaired) electrons. The molecule has 1 aromatic carbocycles. The van der Waals surface area contributed by atoms with Gasteiger partial charge in [-0.05, 0) is 12.5 Å². The first kappa shape index (κ1) is 15.7. The molecule has 0 bridgehead atoms. The maximum atomic E-state index is 12.5. The van der Waals surface area contributed by atoms with Crippen molar-refractivity contribution in [3.05, 3.63) is 35.9 Å². The Morgan fingerprint density at radius 1 is 1.19 bits per heavy atom. The van der Waals surface area contributed by atoms with Gasteiger partial charge in [-0.2, -0.15) is 0 Å². The van der Waals surface area contributed by atoms with E-state index in [1.807, 2.05) is 35.0 Å². The average molecular weight is 300 g/mol. The highest BCUT2D eigenvalue weighted by molar-refractivity contribution is 6.83. The van der Waals surface area contributed by atoms with Crippen LogP contribution in [0.1, 0.15) is 18.5 Å². The summed E-state index contributed by atoms with van der Waals surface area (Å²) in [7, 11) is 0.471. The number of rotatable bonds is 2. The molecule has 0 aliphatic carbocycles. The van der Waals surface area contributed by atoms with Gasteiger partial charge in [0.2, 0.25) is 0 Å². The molecule has 1 aliphatic heterocycles. The number of nitrogens with zero attached hydrogens (tertiary/aromatic N) is 2. The first-order chi connectivity index (χ1) is 9.81. The van der Waals surface area contributed by atoms with E-state index in [9.17, 15) is 4.79 Å². The van der Waals surface area contributed by atoms with Crippen molar-refractivity contribution in [1.29, 1.82) is 0 Å². The lowest BCUT2D eigenvalue weighted by Crippen LogP contribution is -2.31. The maximum absolute atomic E-state index is 12.5. The molecular weight excluding hydrogens is 276 g/mol. The van der Waals surface area contributed by atoms with Crippen molar-refractivity contribution in [3.63, 3.8) is 0 Å². The van der Waals surface area contributed by atoms with Gasteiger partial charge >= 0.3 is 6.03 Å². The summed E-state index contributed by atoms with van der Waals surface area (Å²) in [5, 5.41) is 0. The number of benzene rings is 1. The monoisotopic (exact) mass is 300 g/mol. The van der Waals surface area contributed by atoms with Crippen LogP contribution in [-0.2, 0) is 0 Å². The molecule has 3 nitrogen and oxygen atoms in total. The minimum atomic E-state index is -1.40. The van der Waals surface area contributed by atoms with Crippen LogP contribution in [0.5, 0.6) is 0 Å². The van der Waals surface area contributed by atoms with Crippen LogP contribution < -0.4 is 0 Å². The van der Waals surface area contributed by atoms with Gasteiger partial charge in [-0.3, -0.25) is 0 Å². The van der Waals surface area contributed by atoms with Crippen molar-refractivity contribution in [1.82, 2.24) is 9.80 Å². The molecule has 2 amide bonds. The van der Waals surface area contributed by atoms with E-state index >= 15 is 0 Å². The van der Waals surface area contributed by atoms with E-state index in [1.165, 1.54) is 5.56 Å². The second-order valence-corrected chi connectivity index (χ2v) is 11.4. The molecule has 1 aromatic rings. The van der Waals surface area contributed by atoms with Crippen LogP contribution >= 0.6 is 0 Å². The van der Waals surface area contributed by atoms with Gasteiger partial charge in [0, 0.05) is 7.05 Å². The predicted molar refractivity (Wildman–Crippen MR) is 89.6 cm³/mol. The third kappa shape index (κ3) is 3.48. The molecule has 0 spiro atoms. The molecule has 2 atom stereocenters. The topological polar surface area (TPSA) is 23.6 Å². The minimum Gasteiger partial charge on any atom is -0.323 e. The summed E-state index contributed by atoms with van der Waals surface area (Å²) in [5.74, 6) is 3.23. The Morgan fingerprint density at radius 3 is 2.38 bits per heavy atom. The molecule has 0 unspecified atom stereocenters. The second-order valence-electron chi connectivity index (χ2n) is 6.67. The molecule has 1 fully saturated rings. The van der Waals surface area contributed by atoms with Gasteiger partial charge in [0.1, 0.15) is 8.07 Å². The van der Waals surface area contributed by atoms with Gasteiger partial charge in [-0.1, -0.05) is 55.9 Å².